The van der Waals surface area contributed by atoms with Gasteiger partial charge in [-0.15, -0.1) is 0 Å². The smallest absolute Gasteiger partial charge is 0.247 e. The van der Waals surface area contributed by atoms with E-state index in [9.17, 15) is 9.18 Å². The minimum absolute atomic E-state index is 0.0858. The molecule has 1 aliphatic rings. The molecule has 1 saturated heterocycles. The number of likely N-dealkylation sites (tertiary alicyclic amines) is 1. The van der Waals surface area contributed by atoms with E-state index in [1.165, 1.54) is 6.33 Å². The van der Waals surface area contributed by atoms with Crippen molar-refractivity contribution in [2.45, 2.75) is 26.7 Å². The molecule has 1 amide bonds. The predicted octanol–water partition coefficient (Wildman–Crippen LogP) is 3.76. The molecule has 4 heterocycles. The first-order valence-electron chi connectivity index (χ1n) is 10.2. The van der Waals surface area contributed by atoms with Crippen LogP contribution in [-0.2, 0) is 4.79 Å². The van der Waals surface area contributed by atoms with Crippen molar-refractivity contribution < 1.29 is 18.7 Å². The Morgan fingerprint density at radius 3 is 2.94 bits per heavy atom. The Morgan fingerprint density at radius 2 is 2.13 bits per heavy atom. The van der Waals surface area contributed by atoms with Gasteiger partial charge in [0.2, 0.25) is 11.8 Å². The van der Waals surface area contributed by atoms with E-state index in [0.29, 0.717) is 41.7 Å². The number of halogens is 1. The number of aromatic nitrogens is 4. The van der Waals surface area contributed by atoms with Gasteiger partial charge in [-0.1, -0.05) is 0 Å². The van der Waals surface area contributed by atoms with Crippen molar-refractivity contribution in [2.75, 3.05) is 19.7 Å². The fourth-order valence-corrected chi connectivity index (χ4v) is 4.00. The molecule has 1 aromatic carbocycles. The maximum absolute atomic E-state index is 15.0. The zero-order valence-electron chi connectivity index (χ0n) is 17.3. The van der Waals surface area contributed by atoms with Crippen LogP contribution in [0, 0.1) is 19.7 Å². The molecule has 31 heavy (non-hydrogen) atoms. The Balaban J connectivity index is 1.41. The summed E-state index contributed by atoms with van der Waals surface area (Å²) in [6.07, 6.45) is 4.59. The van der Waals surface area contributed by atoms with Crippen LogP contribution in [0.2, 0.25) is 0 Å². The van der Waals surface area contributed by atoms with Gasteiger partial charge >= 0.3 is 0 Å². The normalized spacial score (nSPS) is 14.2. The summed E-state index contributed by atoms with van der Waals surface area (Å²) in [6, 6.07) is 5.10. The highest BCUT2D eigenvalue weighted by Crippen LogP contribution is 2.34. The van der Waals surface area contributed by atoms with Gasteiger partial charge in [0.05, 0.1) is 12.7 Å². The fraction of sp³-hybridized carbons (Fsp3) is 0.318. The van der Waals surface area contributed by atoms with E-state index in [-0.39, 0.29) is 17.5 Å². The molecule has 0 radical (unpaired) electrons. The molecular weight excluding hydrogens is 401 g/mol. The van der Waals surface area contributed by atoms with Crippen LogP contribution in [0.15, 0.2) is 30.7 Å². The molecule has 0 atom stereocenters. The van der Waals surface area contributed by atoms with Gasteiger partial charge in [0.1, 0.15) is 24.2 Å². The number of aryl methyl sites for hydroxylation is 2. The Bertz CT molecular complexity index is 1300. The number of nitrogens with zero attached hydrogens (tertiary/aromatic N) is 4. The maximum atomic E-state index is 15.0. The van der Waals surface area contributed by atoms with Crippen LogP contribution in [0.1, 0.15) is 24.1 Å². The van der Waals surface area contributed by atoms with Gasteiger partial charge in [0, 0.05) is 35.1 Å². The van der Waals surface area contributed by atoms with Gasteiger partial charge in [-0.25, -0.2) is 8.91 Å². The molecule has 0 unspecified atom stereocenters. The number of nitrogens with one attached hydrogen (secondary N) is 1. The zero-order chi connectivity index (χ0) is 21.5. The molecule has 3 aromatic heterocycles. The summed E-state index contributed by atoms with van der Waals surface area (Å²) in [5.74, 6) is 0.662. The second kappa shape index (κ2) is 7.57. The highest BCUT2D eigenvalue weighted by Gasteiger charge is 2.21. The van der Waals surface area contributed by atoms with Crippen LogP contribution in [-0.4, -0.2) is 50.1 Å². The summed E-state index contributed by atoms with van der Waals surface area (Å²) >= 11 is 0. The third-order valence-electron chi connectivity index (χ3n) is 5.58. The number of fused-ring (bicyclic) bond motifs is 2. The van der Waals surface area contributed by atoms with Crippen LogP contribution in [0.3, 0.4) is 0 Å². The molecule has 0 bridgehead atoms. The Labute approximate surface area is 177 Å². The van der Waals surface area contributed by atoms with E-state index in [1.54, 1.807) is 33.8 Å². The van der Waals surface area contributed by atoms with Crippen molar-refractivity contribution in [2.24, 2.45) is 0 Å². The zero-order valence-corrected chi connectivity index (χ0v) is 17.3. The van der Waals surface area contributed by atoms with Crippen LogP contribution in [0.4, 0.5) is 4.39 Å². The molecule has 160 valence electrons. The first-order chi connectivity index (χ1) is 15.0. The number of rotatable bonds is 6. The van der Waals surface area contributed by atoms with Gasteiger partial charge in [0.25, 0.3) is 0 Å². The summed E-state index contributed by atoms with van der Waals surface area (Å²) in [7, 11) is 0. The second-order valence-corrected chi connectivity index (χ2v) is 7.70. The molecule has 5 rings (SSSR count). The molecule has 0 aliphatic carbocycles. The van der Waals surface area contributed by atoms with Gasteiger partial charge in [-0.2, -0.15) is 10.1 Å². The minimum atomic E-state index is -0.449. The lowest BCUT2D eigenvalue weighted by Crippen LogP contribution is -2.29. The number of benzene rings is 1. The van der Waals surface area contributed by atoms with Crippen LogP contribution < -0.4 is 9.47 Å². The van der Waals surface area contributed by atoms with E-state index < -0.39 is 5.82 Å². The van der Waals surface area contributed by atoms with Crippen LogP contribution in [0.5, 0.6) is 17.4 Å². The van der Waals surface area contributed by atoms with Crippen molar-refractivity contribution in [3.63, 3.8) is 0 Å². The molecule has 9 heteroatoms. The number of carbonyl (C=O) groups is 1. The third kappa shape index (κ3) is 3.45. The van der Waals surface area contributed by atoms with E-state index >= 15 is 0 Å². The highest BCUT2D eigenvalue weighted by atomic mass is 19.1. The molecule has 1 fully saturated rings. The first-order valence-corrected chi connectivity index (χ1v) is 10.2. The molecule has 4 aromatic rings. The number of hydrogen-bond acceptors (Lipinski definition) is 5. The molecule has 1 aliphatic heterocycles. The van der Waals surface area contributed by atoms with E-state index in [0.717, 1.165) is 24.2 Å². The Kier molecular flexibility index (Phi) is 4.72. The van der Waals surface area contributed by atoms with Gasteiger partial charge in [0.15, 0.2) is 11.6 Å². The molecule has 1 N–H and O–H groups in total. The van der Waals surface area contributed by atoms with Gasteiger partial charge in [-0.3, -0.25) is 4.79 Å². The van der Waals surface area contributed by atoms with Gasteiger partial charge < -0.3 is 19.4 Å². The number of aromatic amines is 1. The maximum Gasteiger partial charge on any atom is 0.247 e. The molecule has 8 nitrogen and oxygen atoms in total. The van der Waals surface area contributed by atoms with Crippen molar-refractivity contribution in [3.8, 4) is 17.4 Å². The topological polar surface area (TPSA) is 84.8 Å². The standard InChI is InChI=1S/C22H22FN5O3/c1-13-10-15-16(26-13)5-6-17(20(15)23)31-22-21-14(2)18(11-28(21)25-12-24-22)30-9-8-27-7-3-4-19(27)29/h5-6,10-12,26H,3-4,7-9H2,1-2H3. The summed E-state index contributed by atoms with van der Waals surface area (Å²) in [5, 5.41) is 4.69. The molecule has 0 saturated carbocycles. The SMILES string of the molecule is Cc1cc2c(F)c(Oc3ncnn4cc(OCCN5CCCC5=O)c(C)c34)ccc2[nH]1. The quantitative estimate of drug-likeness (QED) is 0.510. The van der Waals surface area contributed by atoms with Crippen molar-refractivity contribution >= 4 is 22.3 Å². The Hall–Kier alpha value is -3.62. The van der Waals surface area contributed by atoms with Crippen molar-refractivity contribution in [3.05, 3.63) is 47.8 Å². The third-order valence-corrected chi connectivity index (χ3v) is 5.58. The van der Waals surface area contributed by atoms with E-state index in [1.807, 2.05) is 13.8 Å². The lowest BCUT2D eigenvalue weighted by atomic mass is 10.2. The minimum Gasteiger partial charge on any atom is -0.490 e. The van der Waals surface area contributed by atoms with Crippen LogP contribution in [0.25, 0.3) is 16.4 Å². The Morgan fingerprint density at radius 1 is 1.26 bits per heavy atom. The largest absolute Gasteiger partial charge is 0.490 e. The fourth-order valence-electron chi connectivity index (χ4n) is 4.00. The predicted molar refractivity (Wildman–Crippen MR) is 112 cm³/mol. The highest BCUT2D eigenvalue weighted by molar-refractivity contribution is 5.83. The summed E-state index contributed by atoms with van der Waals surface area (Å²) in [5.41, 5.74) is 2.96. The number of hydrogen-bond donors (Lipinski definition) is 1. The van der Waals surface area contributed by atoms with Gasteiger partial charge in [-0.05, 0) is 38.5 Å². The average Bonchev–Trinajstić information content (AvgIpc) is 3.42. The molecular formula is C22H22FN5O3. The number of amides is 1. The number of carbonyl (C=O) groups excluding carboxylic acids is 1. The summed E-state index contributed by atoms with van der Waals surface area (Å²) in [6.45, 7) is 5.45. The lowest BCUT2D eigenvalue weighted by molar-refractivity contribution is -0.128. The molecule has 0 spiro atoms. The van der Waals surface area contributed by atoms with Crippen molar-refractivity contribution in [1.29, 1.82) is 0 Å². The van der Waals surface area contributed by atoms with E-state index in [2.05, 4.69) is 15.1 Å². The van der Waals surface area contributed by atoms with Crippen molar-refractivity contribution in [1.82, 2.24) is 24.5 Å². The van der Waals surface area contributed by atoms with Crippen LogP contribution >= 0.6 is 0 Å². The summed E-state index contributed by atoms with van der Waals surface area (Å²) in [4.78, 5) is 20.9. The lowest BCUT2D eigenvalue weighted by Gasteiger charge is -2.15. The second-order valence-electron chi connectivity index (χ2n) is 7.70. The first kappa shape index (κ1) is 19.3. The average molecular weight is 423 g/mol. The summed E-state index contributed by atoms with van der Waals surface area (Å²) < 4.78 is 28.3. The number of H-pyrrole nitrogens is 1. The monoisotopic (exact) mass is 423 g/mol. The van der Waals surface area contributed by atoms with E-state index in [4.69, 9.17) is 9.47 Å². The number of ether oxygens (including phenoxy) is 2.